The Bertz CT molecular complexity index is 934. The summed E-state index contributed by atoms with van der Waals surface area (Å²) in [5, 5.41) is 27.7. The van der Waals surface area contributed by atoms with Crippen LogP contribution in [0.2, 0.25) is 0 Å². The highest BCUT2D eigenvalue weighted by atomic mass is 32.1. The Morgan fingerprint density at radius 3 is 2.81 bits per heavy atom. The maximum Gasteiger partial charge on any atom is 0.205 e. The minimum absolute atomic E-state index is 0.389. The molecular weight excluding hydrogens is 346 g/mol. The average Bonchev–Trinajstić information content (AvgIpc) is 3.33. The Morgan fingerprint density at radius 1 is 1.27 bits per heavy atom. The first-order valence-electron chi connectivity index (χ1n) is 8.66. The second-order valence-electron chi connectivity index (χ2n) is 6.32. The summed E-state index contributed by atoms with van der Waals surface area (Å²) in [5.41, 5.74) is 8.17. The van der Waals surface area contributed by atoms with Gasteiger partial charge in [-0.2, -0.15) is 10.4 Å². The highest BCUT2D eigenvalue weighted by Gasteiger charge is 2.27. The topological polar surface area (TPSA) is 105 Å². The van der Waals surface area contributed by atoms with E-state index in [1.54, 1.807) is 16.0 Å². The minimum atomic E-state index is 0.389. The van der Waals surface area contributed by atoms with Crippen LogP contribution in [0.3, 0.4) is 0 Å². The number of anilines is 2. The van der Waals surface area contributed by atoms with Crippen LogP contribution in [-0.2, 0) is 6.42 Å². The van der Waals surface area contributed by atoms with Crippen molar-refractivity contribution in [3.8, 4) is 11.8 Å². The molecular formula is C18H19N7S. The lowest BCUT2D eigenvalue weighted by atomic mass is 10.1. The summed E-state index contributed by atoms with van der Waals surface area (Å²) < 4.78 is 1.63. The molecule has 0 amide bonds. The first kappa shape index (κ1) is 16.5. The molecule has 0 aliphatic heterocycles. The van der Waals surface area contributed by atoms with Crippen LogP contribution in [-0.4, -0.2) is 26.5 Å². The third-order valence-electron chi connectivity index (χ3n) is 4.34. The molecule has 0 bridgehead atoms. The zero-order valence-electron chi connectivity index (χ0n) is 14.2. The molecule has 8 heteroatoms. The van der Waals surface area contributed by atoms with Gasteiger partial charge in [0.2, 0.25) is 5.13 Å². The zero-order valence-corrected chi connectivity index (χ0v) is 15.0. The highest BCUT2D eigenvalue weighted by Crippen LogP contribution is 2.42. The van der Waals surface area contributed by atoms with Crippen molar-refractivity contribution < 1.29 is 0 Å². The van der Waals surface area contributed by atoms with Gasteiger partial charge in [-0.15, -0.1) is 10.2 Å². The summed E-state index contributed by atoms with van der Waals surface area (Å²) in [7, 11) is 0. The molecule has 7 nitrogen and oxygen atoms in total. The number of nitriles is 1. The van der Waals surface area contributed by atoms with E-state index in [0.717, 1.165) is 34.5 Å². The van der Waals surface area contributed by atoms with Crippen LogP contribution >= 0.6 is 11.3 Å². The number of rotatable bonds is 7. The Hall–Kier alpha value is -2.92. The highest BCUT2D eigenvalue weighted by molar-refractivity contribution is 7.15. The Kier molecular flexibility index (Phi) is 4.54. The molecule has 3 aromatic rings. The zero-order chi connectivity index (χ0) is 17.9. The van der Waals surface area contributed by atoms with Crippen LogP contribution in [0.15, 0.2) is 30.3 Å². The standard InChI is InChI=1S/C18H19N7S/c19-11-14-15(24-25(16(14)20)13-5-2-1-3-6-13)7-4-10-21-18-23-22-17(26-18)12-8-9-12/h1-3,5-6,12H,4,7-10,20H2,(H,21,23). The fourth-order valence-electron chi connectivity index (χ4n) is 2.79. The molecule has 1 saturated carbocycles. The number of nitrogens with one attached hydrogen (secondary N) is 1. The average molecular weight is 365 g/mol. The molecule has 2 heterocycles. The van der Waals surface area contributed by atoms with Gasteiger partial charge in [0, 0.05) is 12.5 Å². The molecule has 0 radical (unpaired) electrons. The smallest absolute Gasteiger partial charge is 0.205 e. The van der Waals surface area contributed by atoms with E-state index in [4.69, 9.17) is 5.73 Å². The van der Waals surface area contributed by atoms with Gasteiger partial charge in [-0.05, 0) is 37.8 Å². The van der Waals surface area contributed by atoms with Gasteiger partial charge < -0.3 is 11.1 Å². The van der Waals surface area contributed by atoms with Gasteiger partial charge in [-0.1, -0.05) is 29.5 Å². The molecule has 3 N–H and O–H groups in total. The second kappa shape index (κ2) is 7.14. The summed E-state index contributed by atoms with van der Waals surface area (Å²) in [4.78, 5) is 0. The molecule has 0 saturated heterocycles. The monoisotopic (exact) mass is 365 g/mol. The number of para-hydroxylation sites is 1. The second-order valence-corrected chi connectivity index (χ2v) is 7.33. The lowest BCUT2D eigenvalue weighted by Crippen LogP contribution is -2.04. The summed E-state index contributed by atoms with van der Waals surface area (Å²) >= 11 is 1.64. The van der Waals surface area contributed by atoms with Crippen LogP contribution < -0.4 is 11.1 Å². The molecule has 0 atom stereocenters. The van der Waals surface area contributed by atoms with Gasteiger partial charge in [0.15, 0.2) is 0 Å². The van der Waals surface area contributed by atoms with E-state index in [9.17, 15) is 5.26 Å². The van der Waals surface area contributed by atoms with Crippen LogP contribution in [0.5, 0.6) is 0 Å². The van der Waals surface area contributed by atoms with Crippen molar-refractivity contribution in [1.29, 1.82) is 5.26 Å². The van der Waals surface area contributed by atoms with Gasteiger partial charge in [-0.3, -0.25) is 0 Å². The number of benzene rings is 1. The van der Waals surface area contributed by atoms with Crippen LogP contribution in [0.1, 0.15) is 41.4 Å². The van der Waals surface area contributed by atoms with E-state index in [1.807, 2.05) is 30.3 Å². The fourth-order valence-corrected chi connectivity index (χ4v) is 3.73. The van der Waals surface area contributed by atoms with Crippen LogP contribution in [0, 0.1) is 11.3 Å². The first-order chi connectivity index (χ1) is 12.8. The van der Waals surface area contributed by atoms with Crippen molar-refractivity contribution in [3.63, 3.8) is 0 Å². The number of aromatic nitrogens is 4. The summed E-state index contributed by atoms with van der Waals surface area (Å²) in [6, 6.07) is 11.8. The van der Waals surface area contributed by atoms with E-state index >= 15 is 0 Å². The van der Waals surface area contributed by atoms with Crippen molar-refractivity contribution in [2.24, 2.45) is 0 Å². The first-order valence-corrected chi connectivity index (χ1v) is 9.48. The Labute approximate surface area is 155 Å². The summed E-state index contributed by atoms with van der Waals surface area (Å²) in [6.45, 7) is 0.752. The third-order valence-corrected chi connectivity index (χ3v) is 5.38. The Balaban J connectivity index is 1.39. The van der Waals surface area contributed by atoms with Gasteiger partial charge in [0.25, 0.3) is 0 Å². The molecule has 0 unspecified atom stereocenters. The van der Waals surface area contributed by atoms with Crippen molar-refractivity contribution in [3.05, 3.63) is 46.6 Å². The van der Waals surface area contributed by atoms with Crippen molar-refractivity contribution >= 4 is 22.3 Å². The quantitative estimate of drug-likeness (QED) is 0.623. The SMILES string of the molecule is N#Cc1c(CCCNc2nnc(C3CC3)s2)nn(-c2ccccc2)c1N. The van der Waals surface area contributed by atoms with E-state index in [0.29, 0.717) is 23.7 Å². The lowest BCUT2D eigenvalue weighted by Gasteiger charge is -2.02. The van der Waals surface area contributed by atoms with E-state index < -0.39 is 0 Å². The van der Waals surface area contributed by atoms with Crippen molar-refractivity contribution in [2.45, 2.75) is 31.6 Å². The number of hydrogen-bond acceptors (Lipinski definition) is 7. The summed E-state index contributed by atoms with van der Waals surface area (Å²) in [5.74, 6) is 1.02. The maximum absolute atomic E-state index is 9.44. The van der Waals surface area contributed by atoms with Crippen molar-refractivity contribution in [2.75, 3.05) is 17.6 Å². The molecule has 1 aliphatic rings. The number of hydrogen-bond donors (Lipinski definition) is 2. The fraction of sp³-hybridized carbons (Fsp3) is 0.333. The van der Waals surface area contributed by atoms with Crippen LogP contribution in [0.4, 0.5) is 10.9 Å². The number of nitrogen functional groups attached to an aromatic ring is 1. The predicted octanol–water partition coefficient (Wildman–Crippen LogP) is 3.10. The van der Waals surface area contributed by atoms with Crippen molar-refractivity contribution in [1.82, 2.24) is 20.0 Å². The van der Waals surface area contributed by atoms with Gasteiger partial charge in [-0.25, -0.2) is 4.68 Å². The van der Waals surface area contributed by atoms with E-state index in [-0.39, 0.29) is 0 Å². The molecule has 0 spiro atoms. The lowest BCUT2D eigenvalue weighted by molar-refractivity contribution is 0.789. The normalized spacial score (nSPS) is 13.5. The van der Waals surface area contributed by atoms with Gasteiger partial charge in [0.1, 0.15) is 22.5 Å². The molecule has 1 aliphatic carbocycles. The number of nitrogens with two attached hydrogens (primary N) is 1. The van der Waals surface area contributed by atoms with E-state index in [1.165, 1.54) is 12.8 Å². The third kappa shape index (κ3) is 3.39. The van der Waals surface area contributed by atoms with Crippen LogP contribution in [0.25, 0.3) is 5.69 Å². The molecule has 132 valence electrons. The summed E-state index contributed by atoms with van der Waals surface area (Å²) in [6.07, 6.45) is 3.97. The van der Waals surface area contributed by atoms with Gasteiger partial charge in [0.05, 0.1) is 11.4 Å². The largest absolute Gasteiger partial charge is 0.382 e. The minimum Gasteiger partial charge on any atom is -0.382 e. The van der Waals surface area contributed by atoms with E-state index in [2.05, 4.69) is 26.7 Å². The number of aryl methyl sites for hydroxylation is 1. The number of nitrogens with zero attached hydrogens (tertiary/aromatic N) is 5. The molecule has 4 rings (SSSR count). The molecule has 1 fully saturated rings. The maximum atomic E-state index is 9.44. The molecule has 1 aromatic carbocycles. The molecule has 26 heavy (non-hydrogen) atoms. The predicted molar refractivity (Wildman–Crippen MR) is 101 cm³/mol. The Morgan fingerprint density at radius 2 is 2.08 bits per heavy atom. The van der Waals surface area contributed by atoms with Gasteiger partial charge >= 0.3 is 0 Å². The molecule has 2 aromatic heterocycles.